The third-order valence-electron chi connectivity index (χ3n) is 3.73. The molecule has 130 valence electrons. The Morgan fingerprint density at radius 3 is 2.52 bits per heavy atom. The van der Waals surface area contributed by atoms with Gasteiger partial charge in [-0.2, -0.15) is 0 Å². The van der Waals surface area contributed by atoms with Gasteiger partial charge in [-0.25, -0.2) is 0 Å². The highest BCUT2D eigenvalue weighted by molar-refractivity contribution is 7.99. The number of thioether (sulfide) groups is 1. The lowest BCUT2D eigenvalue weighted by molar-refractivity contribution is 0.290. The fourth-order valence-corrected chi connectivity index (χ4v) is 3.77. The Hall–Kier alpha value is -1.69. The van der Waals surface area contributed by atoms with Crippen molar-refractivity contribution in [1.82, 2.24) is 14.8 Å². The molecule has 3 aromatic rings. The van der Waals surface area contributed by atoms with Crippen LogP contribution >= 0.6 is 35.0 Å². The average molecular weight is 394 g/mol. The highest BCUT2D eigenvalue weighted by Gasteiger charge is 2.16. The molecule has 1 aromatic heterocycles. The predicted octanol–water partition coefficient (Wildman–Crippen LogP) is 5.55. The second-order valence-corrected chi connectivity index (χ2v) is 7.63. The molecule has 1 unspecified atom stereocenters. The van der Waals surface area contributed by atoms with Crippen molar-refractivity contribution in [2.24, 2.45) is 7.05 Å². The highest BCUT2D eigenvalue weighted by Crippen LogP contribution is 2.36. The molecule has 2 aromatic carbocycles. The van der Waals surface area contributed by atoms with E-state index in [0.29, 0.717) is 11.6 Å². The summed E-state index contributed by atoms with van der Waals surface area (Å²) in [7, 11) is 1.93. The molecular formula is C18H17Cl2N3OS. The third kappa shape index (κ3) is 4.48. The van der Waals surface area contributed by atoms with Crippen LogP contribution in [0, 0.1) is 0 Å². The summed E-state index contributed by atoms with van der Waals surface area (Å²) in [5.41, 5.74) is 1.08. The topological polar surface area (TPSA) is 39.9 Å². The van der Waals surface area contributed by atoms with E-state index in [1.165, 1.54) is 0 Å². The van der Waals surface area contributed by atoms with E-state index in [1.807, 2.05) is 48.0 Å². The molecule has 0 bridgehead atoms. The molecule has 0 N–H and O–H groups in total. The molecule has 7 heteroatoms. The Morgan fingerprint density at radius 1 is 1.08 bits per heavy atom. The number of aromatic nitrogens is 3. The standard InChI is InChI=1S/C18H17Cl2N3OS/c1-12(15-5-3-4-6-16(15)20)25-18-22-21-17(23(18)2)11-24-14-9-7-13(19)8-10-14/h3-10,12H,11H2,1-2H3. The average Bonchev–Trinajstić information content (AvgIpc) is 2.95. The first-order valence-electron chi connectivity index (χ1n) is 7.72. The molecule has 0 aliphatic carbocycles. The fourth-order valence-electron chi connectivity index (χ4n) is 2.28. The SMILES string of the molecule is CC(Sc1nnc(COc2ccc(Cl)cc2)n1C)c1ccccc1Cl. The first kappa shape index (κ1) is 18.1. The maximum absolute atomic E-state index is 6.27. The zero-order valence-electron chi connectivity index (χ0n) is 13.8. The van der Waals surface area contributed by atoms with Crippen molar-refractivity contribution < 1.29 is 4.74 Å². The molecule has 25 heavy (non-hydrogen) atoms. The van der Waals surface area contributed by atoms with Gasteiger partial charge in [-0.05, 0) is 42.8 Å². The summed E-state index contributed by atoms with van der Waals surface area (Å²) in [6.45, 7) is 2.44. The summed E-state index contributed by atoms with van der Waals surface area (Å²) in [5.74, 6) is 1.50. The van der Waals surface area contributed by atoms with Gasteiger partial charge in [0.1, 0.15) is 12.4 Å². The van der Waals surface area contributed by atoms with Crippen LogP contribution in [0.5, 0.6) is 5.75 Å². The Labute approximate surface area is 161 Å². The van der Waals surface area contributed by atoms with E-state index in [9.17, 15) is 0 Å². The van der Waals surface area contributed by atoms with E-state index >= 15 is 0 Å². The van der Waals surface area contributed by atoms with E-state index in [1.54, 1.807) is 23.9 Å². The first-order chi connectivity index (χ1) is 12.0. The molecule has 0 saturated heterocycles. The van der Waals surface area contributed by atoms with Crippen LogP contribution in [0.15, 0.2) is 53.7 Å². The van der Waals surface area contributed by atoms with Crippen LogP contribution in [-0.2, 0) is 13.7 Å². The van der Waals surface area contributed by atoms with Gasteiger partial charge in [-0.15, -0.1) is 10.2 Å². The maximum Gasteiger partial charge on any atom is 0.191 e. The zero-order chi connectivity index (χ0) is 17.8. The van der Waals surface area contributed by atoms with Crippen LogP contribution < -0.4 is 4.74 Å². The van der Waals surface area contributed by atoms with Gasteiger partial charge in [-0.1, -0.05) is 53.2 Å². The summed E-state index contributed by atoms with van der Waals surface area (Å²) >= 11 is 13.8. The van der Waals surface area contributed by atoms with E-state index in [2.05, 4.69) is 17.1 Å². The lowest BCUT2D eigenvalue weighted by Gasteiger charge is -2.12. The molecule has 0 aliphatic rings. The molecule has 0 spiro atoms. The second-order valence-electron chi connectivity index (χ2n) is 5.48. The minimum Gasteiger partial charge on any atom is -0.486 e. The van der Waals surface area contributed by atoms with E-state index < -0.39 is 0 Å². The van der Waals surface area contributed by atoms with Crippen molar-refractivity contribution >= 4 is 35.0 Å². The van der Waals surface area contributed by atoms with Gasteiger partial charge < -0.3 is 9.30 Å². The van der Waals surface area contributed by atoms with Gasteiger partial charge >= 0.3 is 0 Å². The van der Waals surface area contributed by atoms with Gasteiger partial charge in [0.2, 0.25) is 0 Å². The Kier molecular flexibility index (Phi) is 5.89. The van der Waals surface area contributed by atoms with Crippen LogP contribution in [-0.4, -0.2) is 14.8 Å². The summed E-state index contributed by atoms with van der Waals surface area (Å²) in [5, 5.41) is 10.9. The third-order valence-corrected chi connectivity index (χ3v) is 5.50. The highest BCUT2D eigenvalue weighted by atomic mass is 35.5. The largest absolute Gasteiger partial charge is 0.486 e. The lowest BCUT2D eigenvalue weighted by Crippen LogP contribution is -2.04. The molecule has 4 nitrogen and oxygen atoms in total. The Bertz CT molecular complexity index is 852. The van der Waals surface area contributed by atoms with Crippen molar-refractivity contribution in [2.75, 3.05) is 0 Å². The molecule has 0 radical (unpaired) electrons. The molecule has 1 heterocycles. The molecule has 0 saturated carbocycles. The first-order valence-corrected chi connectivity index (χ1v) is 9.36. The minimum absolute atomic E-state index is 0.168. The molecule has 0 amide bonds. The van der Waals surface area contributed by atoms with Crippen molar-refractivity contribution in [3.63, 3.8) is 0 Å². The van der Waals surface area contributed by atoms with Crippen molar-refractivity contribution in [3.8, 4) is 5.75 Å². The van der Waals surface area contributed by atoms with Crippen LogP contribution in [0.1, 0.15) is 23.6 Å². The minimum atomic E-state index is 0.168. The van der Waals surface area contributed by atoms with E-state index in [4.69, 9.17) is 27.9 Å². The van der Waals surface area contributed by atoms with Crippen LogP contribution in [0.4, 0.5) is 0 Å². The number of rotatable bonds is 6. The number of benzene rings is 2. The van der Waals surface area contributed by atoms with Crippen molar-refractivity contribution in [1.29, 1.82) is 0 Å². The van der Waals surface area contributed by atoms with Gasteiger partial charge in [0.15, 0.2) is 11.0 Å². The van der Waals surface area contributed by atoms with E-state index in [-0.39, 0.29) is 5.25 Å². The summed E-state index contributed by atoms with van der Waals surface area (Å²) in [6.07, 6.45) is 0. The van der Waals surface area contributed by atoms with Crippen molar-refractivity contribution in [3.05, 3.63) is 70.0 Å². The summed E-state index contributed by atoms with van der Waals surface area (Å²) < 4.78 is 7.68. The Morgan fingerprint density at radius 2 is 1.80 bits per heavy atom. The van der Waals surface area contributed by atoms with Crippen LogP contribution in [0.3, 0.4) is 0 Å². The Balaban J connectivity index is 1.66. The quantitative estimate of drug-likeness (QED) is 0.514. The summed E-state index contributed by atoms with van der Waals surface area (Å²) in [6, 6.07) is 15.1. The molecule has 3 rings (SSSR count). The molecule has 0 aliphatic heterocycles. The van der Waals surface area contributed by atoms with Gasteiger partial charge in [0, 0.05) is 22.3 Å². The predicted molar refractivity (Wildman–Crippen MR) is 103 cm³/mol. The summed E-state index contributed by atoms with van der Waals surface area (Å²) in [4.78, 5) is 0. The number of hydrogen-bond acceptors (Lipinski definition) is 4. The smallest absolute Gasteiger partial charge is 0.191 e. The second kappa shape index (κ2) is 8.13. The molecule has 0 fully saturated rings. The number of halogens is 2. The number of ether oxygens (including phenoxy) is 1. The van der Waals surface area contributed by atoms with Crippen molar-refractivity contribution in [2.45, 2.75) is 23.9 Å². The molecule has 1 atom stereocenters. The van der Waals surface area contributed by atoms with Gasteiger partial charge in [0.25, 0.3) is 0 Å². The lowest BCUT2D eigenvalue weighted by atomic mass is 10.2. The number of nitrogens with zero attached hydrogens (tertiary/aromatic N) is 3. The van der Waals surface area contributed by atoms with Crippen LogP contribution in [0.25, 0.3) is 0 Å². The number of hydrogen-bond donors (Lipinski definition) is 0. The normalized spacial score (nSPS) is 12.2. The molecular weight excluding hydrogens is 377 g/mol. The van der Waals surface area contributed by atoms with Crippen LogP contribution in [0.2, 0.25) is 10.0 Å². The van der Waals surface area contributed by atoms with E-state index in [0.717, 1.165) is 27.3 Å². The zero-order valence-corrected chi connectivity index (χ0v) is 16.1. The maximum atomic E-state index is 6.27. The van der Waals surface area contributed by atoms with Gasteiger partial charge in [0.05, 0.1) is 0 Å². The fraction of sp³-hybridized carbons (Fsp3) is 0.222. The van der Waals surface area contributed by atoms with Gasteiger partial charge in [-0.3, -0.25) is 0 Å². The monoisotopic (exact) mass is 393 g/mol.